The molecule has 3 aliphatic rings. The molecule has 1 aliphatic carbocycles. The summed E-state index contributed by atoms with van der Waals surface area (Å²) in [6, 6.07) is 1.60. The maximum Gasteiger partial charge on any atom is 0.0195 e. The van der Waals surface area contributed by atoms with Crippen molar-refractivity contribution in [1.29, 1.82) is 0 Å². The molecule has 1 N–H and O–H groups in total. The largest absolute Gasteiger partial charge is 0.313 e. The molecule has 0 spiro atoms. The first-order valence-corrected chi connectivity index (χ1v) is 9.33. The van der Waals surface area contributed by atoms with Gasteiger partial charge < -0.3 is 5.32 Å². The third-order valence-corrected chi connectivity index (χ3v) is 6.52. The van der Waals surface area contributed by atoms with Crippen molar-refractivity contribution in [3.8, 4) is 0 Å². The first-order chi connectivity index (χ1) is 9.12. The Kier molecular flexibility index (Phi) is 4.45. The van der Waals surface area contributed by atoms with Crippen LogP contribution < -0.4 is 5.32 Å². The van der Waals surface area contributed by atoms with Gasteiger partial charge in [-0.25, -0.2) is 0 Å². The molecule has 2 unspecified atom stereocenters. The van der Waals surface area contributed by atoms with Gasteiger partial charge in [-0.15, -0.1) is 0 Å². The van der Waals surface area contributed by atoms with Gasteiger partial charge in [-0.3, -0.25) is 4.90 Å². The van der Waals surface area contributed by atoms with Crippen molar-refractivity contribution < 1.29 is 0 Å². The minimum Gasteiger partial charge on any atom is -0.313 e. The van der Waals surface area contributed by atoms with E-state index in [1.807, 2.05) is 0 Å². The molecule has 3 rings (SSSR count). The molecular formula is C16H30N2S. The van der Waals surface area contributed by atoms with E-state index in [0.717, 1.165) is 18.0 Å². The smallest absolute Gasteiger partial charge is 0.0195 e. The number of thioether (sulfide) groups is 1. The number of nitrogens with one attached hydrogen (secondary N) is 1. The van der Waals surface area contributed by atoms with E-state index >= 15 is 0 Å². The van der Waals surface area contributed by atoms with Crippen molar-refractivity contribution in [1.82, 2.24) is 10.2 Å². The fourth-order valence-corrected chi connectivity index (χ4v) is 5.05. The van der Waals surface area contributed by atoms with Gasteiger partial charge in [-0.05, 0) is 55.7 Å². The molecular weight excluding hydrogens is 252 g/mol. The van der Waals surface area contributed by atoms with Gasteiger partial charge in [0, 0.05) is 30.9 Å². The Balaban J connectivity index is 1.59. The van der Waals surface area contributed by atoms with Crippen LogP contribution in [0.5, 0.6) is 0 Å². The minimum absolute atomic E-state index is 0.540. The maximum atomic E-state index is 3.69. The molecule has 0 aromatic carbocycles. The van der Waals surface area contributed by atoms with E-state index in [1.165, 1.54) is 63.2 Å². The van der Waals surface area contributed by atoms with Crippen LogP contribution in [0.4, 0.5) is 0 Å². The fraction of sp³-hybridized carbons (Fsp3) is 1.00. The number of nitrogens with zero attached hydrogens (tertiary/aromatic N) is 1. The standard InChI is InChI=1S/C16H30N2S/c1-16(2)8-15(11-19-12-16)18(9-13-5-6-13)10-14-4-3-7-17-14/h13-15,17H,3-12H2,1-2H3. The molecule has 110 valence electrons. The molecule has 19 heavy (non-hydrogen) atoms. The fourth-order valence-electron chi connectivity index (χ4n) is 3.66. The zero-order valence-corrected chi connectivity index (χ0v) is 13.5. The SMILES string of the molecule is CC1(C)CSCC(N(CC2CC2)CC2CCCN2)C1. The molecule has 2 saturated heterocycles. The van der Waals surface area contributed by atoms with Crippen LogP contribution in [-0.2, 0) is 0 Å². The highest BCUT2D eigenvalue weighted by molar-refractivity contribution is 7.99. The highest BCUT2D eigenvalue weighted by atomic mass is 32.2. The quantitative estimate of drug-likeness (QED) is 0.834. The lowest BCUT2D eigenvalue weighted by Crippen LogP contribution is -2.49. The normalized spacial score (nSPS) is 34.9. The summed E-state index contributed by atoms with van der Waals surface area (Å²) in [6.07, 6.45) is 7.15. The van der Waals surface area contributed by atoms with Gasteiger partial charge in [-0.1, -0.05) is 13.8 Å². The van der Waals surface area contributed by atoms with Crippen molar-refractivity contribution in [2.75, 3.05) is 31.1 Å². The summed E-state index contributed by atoms with van der Waals surface area (Å²) in [5.41, 5.74) is 0.540. The van der Waals surface area contributed by atoms with Crippen molar-refractivity contribution in [3.05, 3.63) is 0 Å². The Morgan fingerprint density at radius 2 is 2.05 bits per heavy atom. The predicted octanol–water partition coefficient (Wildman–Crippen LogP) is 2.98. The predicted molar refractivity (Wildman–Crippen MR) is 84.8 cm³/mol. The Morgan fingerprint density at radius 1 is 1.21 bits per heavy atom. The summed E-state index contributed by atoms with van der Waals surface area (Å²) in [6.45, 7) is 8.83. The molecule has 2 heterocycles. The number of hydrogen-bond acceptors (Lipinski definition) is 3. The molecule has 0 amide bonds. The molecule has 2 nitrogen and oxygen atoms in total. The summed E-state index contributed by atoms with van der Waals surface area (Å²) >= 11 is 2.18. The molecule has 3 fully saturated rings. The van der Waals surface area contributed by atoms with Gasteiger partial charge >= 0.3 is 0 Å². The van der Waals surface area contributed by atoms with Gasteiger partial charge in [0.25, 0.3) is 0 Å². The second-order valence-electron chi connectivity index (χ2n) is 7.73. The van der Waals surface area contributed by atoms with Crippen LogP contribution in [0, 0.1) is 11.3 Å². The van der Waals surface area contributed by atoms with Crippen molar-refractivity contribution in [2.24, 2.45) is 11.3 Å². The zero-order chi connectivity index (χ0) is 13.3. The first kappa shape index (κ1) is 14.2. The van der Waals surface area contributed by atoms with Gasteiger partial charge in [0.15, 0.2) is 0 Å². The summed E-state index contributed by atoms with van der Waals surface area (Å²) in [7, 11) is 0. The van der Waals surface area contributed by atoms with Crippen LogP contribution in [0.1, 0.15) is 46.0 Å². The highest BCUT2D eigenvalue weighted by Crippen LogP contribution is 2.38. The monoisotopic (exact) mass is 282 g/mol. The van der Waals surface area contributed by atoms with Crippen LogP contribution in [0.2, 0.25) is 0 Å². The lowest BCUT2D eigenvalue weighted by Gasteiger charge is -2.42. The lowest BCUT2D eigenvalue weighted by molar-refractivity contribution is 0.142. The van der Waals surface area contributed by atoms with Gasteiger partial charge in [0.2, 0.25) is 0 Å². The minimum atomic E-state index is 0.540. The van der Waals surface area contributed by atoms with Crippen LogP contribution in [-0.4, -0.2) is 48.1 Å². The average Bonchev–Trinajstić information content (AvgIpc) is 3.01. The van der Waals surface area contributed by atoms with E-state index in [1.54, 1.807) is 0 Å². The average molecular weight is 282 g/mol. The third kappa shape index (κ3) is 4.12. The van der Waals surface area contributed by atoms with E-state index in [-0.39, 0.29) is 0 Å². The lowest BCUT2D eigenvalue weighted by atomic mass is 9.87. The molecule has 0 bridgehead atoms. The molecule has 0 aromatic rings. The van der Waals surface area contributed by atoms with E-state index in [0.29, 0.717) is 5.41 Å². The second-order valence-corrected chi connectivity index (χ2v) is 8.76. The molecule has 3 heteroatoms. The van der Waals surface area contributed by atoms with Crippen molar-refractivity contribution >= 4 is 11.8 Å². The third-order valence-electron chi connectivity index (χ3n) is 4.91. The van der Waals surface area contributed by atoms with E-state index in [2.05, 4.69) is 35.8 Å². The van der Waals surface area contributed by atoms with Crippen LogP contribution in [0.25, 0.3) is 0 Å². The maximum absolute atomic E-state index is 3.69. The van der Waals surface area contributed by atoms with Crippen LogP contribution in [0.15, 0.2) is 0 Å². The topological polar surface area (TPSA) is 15.3 Å². The first-order valence-electron chi connectivity index (χ1n) is 8.18. The molecule has 1 saturated carbocycles. The van der Waals surface area contributed by atoms with Gasteiger partial charge in [-0.2, -0.15) is 11.8 Å². The summed E-state index contributed by atoms with van der Waals surface area (Å²) in [5.74, 6) is 3.74. The number of hydrogen-bond donors (Lipinski definition) is 1. The molecule has 0 radical (unpaired) electrons. The Bertz CT molecular complexity index is 295. The Labute approximate surface area is 123 Å². The number of rotatable bonds is 5. The van der Waals surface area contributed by atoms with Gasteiger partial charge in [0.1, 0.15) is 0 Å². The van der Waals surface area contributed by atoms with E-state index < -0.39 is 0 Å². The van der Waals surface area contributed by atoms with Crippen molar-refractivity contribution in [2.45, 2.75) is 58.0 Å². The molecule has 0 aromatic heterocycles. The van der Waals surface area contributed by atoms with Gasteiger partial charge in [0.05, 0.1) is 0 Å². The summed E-state index contributed by atoms with van der Waals surface area (Å²) in [4.78, 5) is 2.86. The molecule has 2 aliphatic heterocycles. The van der Waals surface area contributed by atoms with E-state index in [4.69, 9.17) is 0 Å². The summed E-state index contributed by atoms with van der Waals surface area (Å²) in [5, 5.41) is 3.69. The second kappa shape index (κ2) is 5.95. The van der Waals surface area contributed by atoms with Crippen LogP contribution in [0.3, 0.4) is 0 Å². The highest BCUT2D eigenvalue weighted by Gasteiger charge is 2.35. The Morgan fingerprint density at radius 3 is 2.68 bits per heavy atom. The van der Waals surface area contributed by atoms with Crippen molar-refractivity contribution in [3.63, 3.8) is 0 Å². The van der Waals surface area contributed by atoms with Crippen LogP contribution >= 0.6 is 11.8 Å². The zero-order valence-electron chi connectivity index (χ0n) is 12.7. The Hall–Kier alpha value is 0.270. The van der Waals surface area contributed by atoms with E-state index in [9.17, 15) is 0 Å². The summed E-state index contributed by atoms with van der Waals surface area (Å²) < 4.78 is 0. The molecule has 2 atom stereocenters.